The van der Waals surface area contributed by atoms with Gasteiger partial charge in [-0.2, -0.15) is 0 Å². The van der Waals surface area contributed by atoms with Crippen LogP contribution in [0.3, 0.4) is 0 Å². The van der Waals surface area contributed by atoms with Crippen molar-refractivity contribution in [2.24, 2.45) is 0 Å². The third kappa shape index (κ3) is 4.38. The first kappa shape index (κ1) is 16.1. The molecule has 6 nitrogen and oxygen atoms in total. The first-order valence-electron chi connectivity index (χ1n) is 7.61. The van der Waals surface area contributed by atoms with Crippen molar-refractivity contribution in [1.29, 1.82) is 0 Å². The molecule has 1 saturated carbocycles. The van der Waals surface area contributed by atoms with Crippen LogP contribution in [0.25, 0.3) is 0 Å². The molecule has 0 saturated heterocycles. The van der Waals surface area contributed by atoms with E-state index >= 15 is 0 Å². The molecule has 0 heterocycles. The molecular formula is C16H23N3O3. The van der Waals surface area contributed by atoms with Gasteiger partial charge in [0.15, 0.2) is 0 Å². The second kappa shape index (κ2) is 7.68. The Morgan fingerprint density at radius 2 is 1.91 bits per heavy atom. The van der Waals surface area contributed by atoms with Gasteiger partial charge >= 0.3 is 6.03 Å². The van der Waals surface area contributed by atoms with E-state index in [-0.39, 0.29) is 11.9 Å². The lowest BCUT2D eigenvalue weighted by atomic mass is 10.2. The van der Waals surface area contributed by atoms with Crippen molar-refractivity contribution in [2.45, 2.75) is 44.7 Å². The minimum absolute atomic E-state index is 0.151. The number of hydrogen-bond acceptors (Lipinski definition) is 3. The van der Waals surface area contributed by atoms with E-state index in [4.69, 9.17) is 4.74 Å². The van der Waals surface area contributed by atoms with Crippen molar-refractivity contribution in [3.63, 3.8) is 0 Å². The largest absolute Gasteiger partial charge is 0.495 e. The van der Waals surface area contributed by atoms with Gasteiger partial charge in [-0.05, 0) is 31.9 Å². The Morgan fingerprint density at radius 3 is 2.59 bits per heavy atom. The molecule has 3 amide bonds. The van der Waals surface area contributed by atoms with Crippen LogP contribution in [0.5, 0.6) is 5.75 Å². The second-order valence-electron chi connectivity index (χ2n) is 5.51. The fraction of sp³-hybridized carbons (Fsp3) is 0.500. The van der Waals surface area contributed by atoms with Crippen LogP contribution in [0, 0.1) is 0 Å². The zero-order valence-electron chi connectivity index (χ0n) is 13.0. The highest BCUT2D eigenvalue weighted by Crippen LogP contribution is 2.22. The highest BCUT2D eigenvalue weighted by atomic mass is 16.5. The summed E-state index contributed by atoms with van der Waals surface area (Å²) in [5.41, 5.74) is 0.561. The Bertz CT molecular complexity index is 527. The predicted molar refractivity (Wildman–Crippen MR) is 85.0 cm³/mol. The minimum atomic E-state index is -0.588. The van der Waals surface area contributed by atoms with Crippen LogP contribution >= 0.6 is 0 Å². The smallest absolute Gasteiger partial charge is 0.319 e. The average molecular weight is 305 g/mol. The third-order valence-corrected chi connectivity index (χ3v) is 3.80. The maximum Gasteiger partial charge on any atom is 0.319 e. The van der Waals surface area contributed by atoms with Gasteiger partial charge in [0.2, 0.25) is 5.91 Å². The number of benzene rings is 1. The number of rotatable bonds is 5. The SMILES string of the molecule is COc1ccccc1NC(=O)N[C@H](C)C(=O)NC1CCCC1. The summed E-state index contributed by atoms with van der Waals surface area (Å²) >= 11 is 0. The number of nitrogens with one attached hydrogen (secondary N) is 3. The molecule has 0 aliphatic heterocycles. The maximum absolute atomic E-state index is 12.0. The number of urea groups is 1. The lowest BCUT2D eigenvalue weighted by Crippen LogP contribution is -2.48. The molecule has 120 valence electrons. The molecule has 1 aliphatic carbocycles. The lowest BCUT2D eigenvalue weighted by molar-refractivity contribution is -0.123. The van der Waals surface area contributed by atoms with Gasteiger partial charge in [0.1, 0.15) is 11.8 Å². The monoisotopic (exact) mass is 305 g/mol. The fourth-order valence-corrected chi connectivity index (χ4v) is 2.56. The molecule has 0 bridgehead atoms. The number of carbonyl (C=O) groups is 2. The molecule has 0 spiro atoms. The van der Waals surface area contributed by atoms with Crippen molar-refractivity contribution in [2.75, 3.05) is 12.4 Å². The zero-order valence-corrected chi connectivity index (χ0v) is 13.0. The summed E-state index contributed by atoms with van der Waals surface area (Å²) in [6, 6.07) is 6.34. The molecule has 0 aromatic heterocycles. The average Bonchev–Trinajstić information content (AvgIpc) is 3.00. The Kier molecular flexibility index (Phi) is 5.63. The summed E-state index contributed by atoms with van der Waals surface area (Å²) in [5, 5.41) is 8.29. The van der Waals surface area contributed by atoms with E-state index < -0.39 is 12.1 Å². The van der Waals surface area contributed by atoms with E-state index in [1.54, 1.807) is 25.1 Å². The molecule has 1 aliphatic rings. The summed E-state index contributed by atoms with van der Waals surface area (Å²) < 4.78 is 5.17. The van der Waals surface area contributed by atoms with Crippen LogP contribution in [0.2, 0.25) is 0 Å². The third-order valence-electron chi connectivity index (χ3n) is 3.80. The van der Waals surface area contributed by atoms with Crippen molar-refractivity contribution >= 4 is 17.6 Å². The molecular weight excluding hydrogens is 282 g/mol. The van der Waals surface area contributed by atoms with E-state index in [0.29, 0.717) is 11.4 Å². The van der Waals surface area contributed by atoms with E-state index in [1.165, 1.54) is 7.11 Å². The van der Waals surface area contributed by atoms with Crippen molar-refractivity contribution in [3.05, 3.63) is 24.3 Å². The summed E-state index contributed by atoms with van der Waals surface area (Å²) in [7, 11) is 1.54. The van der Waals surface area contributed by atoms with Gasteiger partial charge in [-0.1, -0.05) is 25.0 Å². The summed E-state index contributed by atoms with van der Waals surface area (Å²) in [6.45, 7) is 1.67. The van der Waals surface area contributed by atoms with E-state index in [1.807, 2.05) is 6.07 Å². The number of para-hydroxylation sites is 2. The predicted octanol–water partition coefficient (Wildman–Crippen LogP) is 2.26. The number of amides is 3. The maximum atomic E-state index is 12.0. The molecule has 1 atom stereocenters. The van der Waals surface area contributed by atoms with Gasteiger partial charge in [0.05, 0.1) is 12.8 Å². The number of ether oxygens (including phenoxy) is 1. The Hall–Kier alpha value is -2.24. The van der Waals surface area contributed by atoms with E-state index in [2.05, 4.69) is 16.0 Å². The molecule has 0 unspecified atom stereocenters. The van der Waals surface area contributed by atoms with Crippen LogP contribution in [-0.4, -0.2) is 31.1 Å². The molecule has 0 radical (unpaired) electrons. The molecule has 1 aromatic carbocycles. The first-order valence-corrected chi connectivity index (χ1v) is 7.61. The van der Waals surface area contributed by atoms with Crippen LogP contribution < -0.4 is 20.7 Å². The molecule has 3 N–H and O–H groups in total. The topological polar surface area (TPSA) is 79.5 Å². The van der Waals surface area contributed by atoms with E-state index in [0.717, 1.165) is 25.7 Å². The Labute approximate surface area is 130 Å². The zero-order chi connectivity index (χ0) is 15.9. The second-order valence-corrected chi connectivity index (χ2v) is 5.51. The number of carbonyl (C=O) groups excluding carboxylic acids is 2. The van der Waals surface area contributed by atoms with Crippen LogP contribution in [0.15, 0.2) is 24.3 Å². The number of hydrogen-bond donors (Lipinski definition) is 3. The first-order chi connectivity index (χ1) is 10.6. The van der Waals surface area contributed by atoms with Gasteiger partial charge in [0, 0.05) is 6.04 Å². The Morgan fingerprint density at radius 1 is 1.23 bits per heavy atom. The highest BCUT2D eigenvalue weighted by molar-refractivity contribution is 5.94. The van der Waals surface area contributed by atoms with Gasteiger partial charge in [-0.3, -0.25) is 4.79 Å². The van der Waals surface area contributed by atoms with Crippen LogP contribution in [0.4, 0.5) is 10.5 Å². The van der Waals surface area contributed by atoms with Crippen molar-refractivity contribution < 1.29 is 14.3 Å². The van der Waals surface area contributed by atoms with Gasteiger partial charge in [-0.15, -0.1) is 0 Å². The number of anilines is 1. The minimum Gasteiger partial charge on any atom is -0.495 e. The van der Waals surface area contributed by atoms with Crippen LogP contribution in [0.1, 0.15) is 32.6 Å². The Balaban J connectivity index is 1.84. The lowest BCUT2D eigenvalue weighted by Gasteiger charge is -2.18. The fourth-order valence-electron chi connectivity index (χ4n) is 2.56. The molecule has 1 fully saturated rings. The summed E-state index contributed by atoms with van der Waals surface area (Å²) in [6.07, 6.45) is 4.35. The van der Waals surface area contributed by atoms with Crippen molar-refractivity contribution in [1.82, 2.24) is 10.6 Å². The van der Waals surface area contributed by atoms with Crippen molar-refractivity contribution in [3.8, 4) is 5.75 Å². The number of methoxy groups -OCH3 is 1. The van der Waals surface area contributed by atoms with Gasteiger partial charge < -0.3 is 20.7 Å². The molecule has 6 heteroatoms. The summed E-state index contributed by atoms with van der Waals surface area (Å²) in [5.74, 6) is 0.419. The standard InChI is InChI=1S/C16H23N3O3/c1-11(15(20)18-12-7-3-4-8-12)17-16(21)19-13-9-5-6-10-14(13)22-2/h5-6,9-12H,3-4,7-8H2,1-2H3,(H,18,20)(H2,17,19,21)/t11-/m1/s1. The summed E-state index contributed by atoms with van der Waals surface area (Å²) in [4.78, 5) is 24.0. The van der Waals surface area contributed by atoms with Gasteiger partial charge in [0.25, 0.3) is 0 Å². The molecule has 2 rings (SSSR count). The molecule has 22 heavy (non-hydrogen) atoms. The highest BCUT2D eigenvalue weighted by Gasteiger charge is 2.21. The van der Waals surface area contributed by atoms with Crippen LogP contribution in [-0.2, 0) is 4.79 Å². The quantitative estimate of drug-likeness (QED) is 0.780. The molecule has 1 aromatic rings. The normalized spacial score (nSPS) is 15.9. The van der Waals surface area contributed by atoms with Gasteiger partial charge in [-0.25, -0.2) is 4.79 Å². The van der Waals surface area contributed by atoms with E-state index in [9.17, 15) is 9.59 Å².